The Morgan fingerprint density at radius 2 is 2.33 bits per heavy atom. The highest BCUT2D eigenvalue weighted by molar-refractivity contribution is 4.94. The summed E-state index contributed by atoms with van der Waals surface area (Å²) in [5.74, 6) is 0. The van der Waals surface area contributed by atoms with Gasteiger partial charge in [0.05, 0.1) is 30.6 Å². The quantitative estimate of drug-likeness (QED) is 0.723. The molecule has 0 saturated heterocycles. The lowest BCUT2D eigenvalue weighted by Crippen LogP contribution is -2.28. The van der Waals surface area contributed by atoms with Crippen molar-refractivity contribution in [2.45, 2.75) is 44.4 Å². The van der Waals surface area contributed by atoms with E-state index in [9.17, 15) is 5.11 Å². The summed E-state index contributed by atoms with van der Waals surface area (Å²) in [6.45, 7) is 2.18. The first-order chi connectivity index (χ1) is 8.81. The normalized spacial score (nSPS) is 24.3. The number of methoxy groups -OCH3 is 1. The third-order valence-corrected chi connectivity index (χ3v) is 3.38. The topological polar surface area (TPSA) is 72.2 Å². The molecule has 1 aliphatic rings. The molecule has 1 heterocycles. The van der Waals surface area contributed by atoms with Crippen LogP contribution in [0.25, 0.3) is 0 Å². The van der Waals surface area contributed by atoms with Gasteiger partial charge < -0.3 is 15.2 Å². The van der Waals surface area contributed by atoms with Gasteiger partial charge in [-0.3, -0.25) is 0 Å². The molecular formula is C12H22N4O2. The standard InChI is InChI=1S/C12H22N4O2/c1-18-7-6-13-8-10-9-16(15-14-10)11-4-2-3-5-12(11)17/h9,11-13,17H,2-8H2,1H3. The molecule has 1 fully saturated rings. The highest BCUT2D eigenvalue weighted by Gasteiger charge is 2.25. The van der Waals surface area contributed by atoms with Crippen LogP contribution in [0.5, 0.6) is 0 Å². The molecule has 2 rings (SSSR count). The number of nitrogens with zero attached hydrogens (tertiary/aromatic N) is 3. The third-order valence-electron chi connectivity index (χ3n) is 3.38. The average Bonchev–Trinajstić information content (AvgIpc) is 2.84. The minimum absolute atomic E-state index is 0.0963. The summed E-state index contributed by atoms with van der Waals surface area (Å²) in [6, 6.07) is 0.0963. The van der Waals surface area contributed by atoms with Gasteiger partial charge in [-0.2, -0.15) is 0 Å². The van der Waals surface area contributed by atoms with E-state index in [1.54, 1.807) is 7.11 Å². The molecule has 18 heavy (non-hydrogen) atoms. The summed E-state index contributed by atoms with van der Waals surface area (Å²) in [7, 11) is 1.68. The fourth-order valence-corrected chi connectivity index (χ4v) is 2.35. The number of aliphatic hydroxyl groups is 1. The smallest absolute Gasteiger partial charge is 0.0965 e. The van der Waals surface area contributed by atoms with Crippen molar-refractivity contribution in [1.82, 2.24) is 20.3 Å². The number of nitrogens with one attached hydrogen (secondary N) is 1. The summed E-state index contributed by atoms with van der Waals surface area (Å²) in [5, 5.41) is 21.4. The van der Waals surface area contributed by atoms with Crippen LogP contribution in [0.4, 0.5) is 0 Å². The van der Waals surface area contributed by atoms with Gasteiger partial charge in [-0.15, -0.1) is 5.10 Å². The van der Waals surface area contributed by atoms with Gasteiger partial charge in [-0.05, 0) is 12.8 Å². The van der Waals surface area contributed by atoms with E-state index in [-0.39, 0.29) is 12.1 Å². The molecule has 0 aromatic carbocycles. The van der Waals surface area contributed by atoms with E-state index >= 15 is 0 Å². The number of hydrogen-bond acceptors (Lipinski definition) is 5. The summed E-state index contributed by atoms with van der Waals surface area (Å²) in [5.41, 5.74) is 0.906. The van der Waals surface area contributed by atoms with Crippen LogP contribution in [0.1, 0.15) is 37.4 Å². The van der Waals surface area contributed by atoms with Gasteiger partial charge in [-0.1, -0.05) is 18.1 Å². The van der Waals surface area contributed by atoms with E-state index in [1.807, 2.05) is 10.9 Å². The molecule has 1 aromatic heterocycles. The molecule has 0 aliphatic heterocycles. The van der Waals surface area contributed by atoms with Crippen LogP contribution in [0.3, 0.4) is 0 Å². The lowest BCUT2D eigenvalue weighted by atomic mass is 9.93. The SMILES string of the molecule is COCCNCc1cn(C2CCCCC2O)nn1. The van der Waals surface area contributed by atoms with Crippen molar-refractivity contribution in [3.63, 3.8) is 0 Å². The maximum atomic E-state index is 9.96. The van der Waals surface area contributed by atoms with Crippen LogP contribution in [-0.2, 0) is 11.3 Å². The molecule has 1 aliphatic carbocycles. The van der Waals surface area contributed by atoms with Crippen molar-refractivity contribution in [2.24, 2.45) is 0 Å². The maximum Gasteiger partial charge on any atom is 0.0965 e. The molecule has 0 bridgehead atoms. The average molecular weight is 254 g/mol. The second kappa shape index (κ2) is 6.82. The third kappa shape index (κ3) is 3.51. The van der Waals surface area contributed by atoms with E-state index in [2.05, 4.69) is 15.6 Å². The molecule has 0 amide bonds. The Balaban J connectivity index is 1.85. The molecule has 0 spiro atoms. The summed E-state index contributed by atoms with van der Waals surface area (Å²) < 4.78 is 6.77. The number of hydrogen-bond donors (Lipinski definition) is 2. The van der Waals surface area contributed by atoms with Crippen molar-refractivity contribution in [1.29, 1.82) is 0 Å². The van der Waals surface area contributed by atoms with E-state index < -0.39 is 0 Å². The van der Waals surface area contributed by atoms with Gasteiger partial charge in [0.15, 0.2) is 0 Å². The minimum atomic E-state index is -0.283. The number of aliphatic hydroxyl groups excluding tert-OH is 1. The highest BCUT2D eigenvalue weighted by atomic mass is 16.5. The van der Waals surface area contributed by atoms with Gasteiger partial charge in [0.1, 0.15) is 0 Å². The van der Waals surface area contributed by atoms with Crippen molar-refractivity contribution in [3.05, 3.63) is 11.9 Å². The summed E-state index contributed by atoms with van der Waals surface area (Å²) >= 11 is 0. The Kier molecular flexibility index (Phi) is 5.10. The van der Waals surface area contributed by atoms with Crippen LogP contribution in [0.2, 0.25) is 0 Å². The Bertz CT molecular complexity index is 356. The molecule has 1 aromatic rings. The molecule has 2 atom stereocenters. The van der Waals surface area contributed by atoms with Crippen LogP contribution < -0.4 is 5.32 Å². The first-order valence-electron chi connectivity index (χ1n) is 6.59. The van der Waals surface area contributed by atoms with E-state index in [0.29, 0.717) is 13.2 Å². The van der Waals surface area contributed by atoms with Crippen molar-refractivity contribution in [2.75, 3.05) is 20.3 Å². The van der Waals surface area contributed by atoms with Gasteiger partial charge in [0, 0.05) is 20.2 Å². The molecule has 1 saturated carbocycles. The Morgan fingerprint density at radius 1 is 1.50 bits per heavy atom. The molecular weight excluding hydrogens is 232 g/mol. The molecule has 6 nitrogen and oxygen atoms in total. The van der Waals surface area contributed by atoms with Crippen LogP contribution in [0, 0.1) is 0 Å². The van der Waals surface area contributed by atoms with Gasteiger partial charge in [-0.25, -0.2) is 4.68 Å². The Morgan fingerprint density at radius 3 is 3.11 bits per heavy atom. The predicted octanol–water partition coefficient (Wildman–Crippen LogP) is 0.490. The first-order valence-corrected chi connectivity index (χ1v) is 6.59. The zero-order valence-corrected chi connectivity index (χ0v) is 10.9. The largest absolute Gasteiger partial charge is 0.391 e. The number of rotatable bonds is 6. The van der Waals surface area contributed by atoms with Gasteiger partial charge >= 0.3 is 0 Å². The fraction of sp³-hybridized carbons (Fsp3) is 0.833. The summed E-state index contributed by atoms with van der Waals surface area (Å²) in [6.07, 6.45) is 5.77. The van der Waals surface area contributed by atoms with Gasteiger partial charge in [0.2, 0.25) is 0 Å². The second-order valence-corrected chi connectivity index (χ2v) is 4.78. The number of aromatic nitrogens is 3. The monoisotopic (exact) mass is 254 g/mol. The second-order valence-electron chi connectivity index (χ2n) is 4.78. The maximum absolute atomic E-state index is 9.96. The van der Waals surface area contributed by atoms with Gasteiger partial charge in [0.25, 0.3) is 0 Å². The zero-order valence-electron chi connectivity index (χ0n) is 10.9. The molecule has 2 unspecified atom stereocenters. The lowest BCUT2D eigenvalue weighted by Gasteiger charge is -2.27. The van der Waals surface area contributed by atoms with Crippen LogP contribution in [-0.4, -0.2) is 46.5 Å². The van der Waals surface area contributed by atoms with E-state index in [1.165, 1.54) is 0 Å². The van der Waals surface area contributed by atoms with Crippen LogP contribution >= 0.6 is 0 Å². The highest BCUT2D eigenvalue weighted by Crippen LogP contribution is 2.27. The van der Waals surface area contributed by atoms with Crippen molar-refractivity contribution in [3.8, 4) is 0 Å². The molecule has 0 radical (unpaired) electrons. The number of ether oxygens (including phenoxy) is 1. The van der Waals surface area contributed by atoms with E-state index in [0.717, 1.165) is 37.9 Å². The summed E-state index contributed by atoms with van der Waals surface area (Å²) in [4.78, 5) is 0. The molecule has 102 valence electrons. The Labute approximate surface area is 107 Å². The Hall–Kier alpha value is -0.980. The zero-order chi connectivity index (χ0) is 12.8. The van der Waals surface area contributed by atoms with Crippen LogP contribution in [0.15, 0.2) is 6.20 Å². The first kappa shape index (κ1) is 13.5. The van der Waals surface area contributed by atoms with Crippen molar-refractivity contribution >= 4 is 0 Å². The predicted molar refractivity (Wildman–Crippen MR) is 67.1 cm³/mol. The van der Waals surface area contributed by atoms with Crippen molar-refractivity contribution < 1.29 is 9.84 Å². The fourth-order valence-electron chi connectivity index (χ4n) is 2.35. The van der Waals surface area contributed by atoms with E-state index in [4.69, 9.17) is 4.74 Å². The minimum Gasteiger partial charge on any atom is -0.391 e. The lowest BCUT2D eigenvalue weighted by molar-refractivity contribution is 0.0685. The molecule has 2 N–H and O–H groups in total. The molecule has 6 heteroatoms.